The van der Waals surface area contributed by atoms with E-state index in [-0.39, 0.29) is 5.78 Å². The zero-order valence-corrected chi connectivity index (χ0v) is 9.23. The number of hydrogen-bond donors (Lipinski definition) is 1. The van der Waals surface area contributed by atoms with Crippen LogP contribution >= 0.6 is 27.5 Å². The molecule has 0 radical (unpaired) electrons. The molecule has 2 N–H and O–H groups in total. The van der Waals surface area contributed by atoms with Gasteiger partial charge in [-0.1, -0.05) is 33.6 Å². The SMILES string of the molecule is Nc1cc(Cl)ccc1CC(=O)CBr. The molecule has 0 atom stereocenters. The summed E-state index contributed by atoms with van der Waals surface area (Å²) in [4.78, 5) is 11.1. The van der Waals surface area contributed by atoms with Crippen LogP contribution in [-0.4, -0.2) is 11.1 Å². The van der Waals surface area contributed by atoms with Crippen LogP contribution < -0.4 is 5.73 Å². The molecule has 0 spiro atoms. The summed E-state index contributed by atoms with van der Waals surface area (Å²) in [5.41, 5.74) is 7.07. The number of Topliss-reactive ketones (excluding diaryl/α,β-unsaturated/α-hetero) is 1. The topological polar surface area (TPSA) is 43.1 Å². The summed E-state index contributed by atoms with van der Waals surface area (Å²) in [6, 6.07) is 5.16. The van der Waals surface area contributed by atoms with Gasteiger partial charge in [-0.25, -0.2) is 0 Å². The lowest BCUT2D eigenvalue weighted by Crippen LogP contribution is -2.05. The van der Waals surface area contributed by atoms with Gasteiger partial charge in [-0.05, 0) is 17.7 Å². The number of benzene rings is 1. The molecule has 0 saturated carbocycles. The standard InChI is InChI=1S/C9H9BrClNO/c10-5-8(13)3-6-1-2-7(11)4-9(6)12/h1-2,4H,3,5,12H2. The van der Waals surface area contributed by atoms with Crippen LogP contribution in [0.25, 0.3) is 0 Å². The molecule has 0 bridgehead atoms. The Labute approximate surface area is 90.2 Å². The van der Waals surface area contributed by atoms with Crippen LogP contribution in [0.2, 0.25) is 5.02 Å². The maximum absolute atomic E-state index is 11.1. The number of anilines is 1. The van der Waals surface area contributed by atoms with Gasteiger partial charge in [-0.15, -0.1) is 0 Å². The molecular weight excluding hydrogens is 253 g/mol. The maximum atomic E-state index is 11.1. The molecule has 4 heteroatoms. The Kier molecular flexibility index (Phi) is 3.75. The van der Waals surface area contributed by atoms with Crippen LogP contribution in [0.4, 0.5) is 5.69 Å². The molecule has 2 nitrogen and oxygen atoms in total. The van der Waals surface area contributed by atoms with E-state index in [1.165, 1.54) is 0 Å². The number of nitrogens with two attached hydrogens (primary N) is 1. The zero-order valence-electron chi connectivity index (χ0n) is 6.89. The van der Waals surface area contributed by atoms with Crippen molar-refractivity contribution in [3.63, 3.8) is 0 Å². The molecule has 0 aromatic heterocycles. The number of nitrogen functional groups attached to an aromatic ring is 1. The molecule has 13 heavy (non-hydrogen) atoms. The van der Waals surface area contributed by atoms with Crippen molar-refractivity contribution in [2.45, 2.75) is 6.42 Å². The van der Waals surface area contributed by atoms with Crippen LogP contribution in [0.1, 0.15) is 5.56 Å². The molecule has 0 fully saturated rings. The molecule has 70 valence electrons. The fraction of sp³-hybridized carbons (Fsp3) is 0.222. The van der Waals surface area contributed by atoms with Crippen molar-refractivity contribution in [3.05, 3.63) is 28.8 Å². The highest BCUT2D eigenvalue weighted by Crippen LogP contribution is 2.18. The van der Waals surface area contributed by atoms with E-state index in [1.54, 1.807) is 18.2 Å². The lowest BCUT2D eigenvalue weighted by molar-refractivity contribution is -0.115. The predicted octanol–water partition coefficient (Wildman–Crippen LogP) is 2.43. The van der Waals surface area contributed by atoms with Crippen molar-refractivity contribution in [1.82, 2.24) is 0 Å². The quantitative estimate of drug-likeness (QED) is 0.671. The third kappa shape index (κ3) is 3.01. The van der Waals surface area contributed by atoms with Gasteiger partial charge >= 0.3 is 0 Å². The highest BCUT2D eigenvalue weighted by atomic mass is 79.9. The van der Waals surface area contributed by atoms with E-state index < -0.39 is 0 Å². The van der Waals surface area contributed by atoms with Crippen LogP contribution in [0.5, 0.6) is 0 Å². The van der Waals surface area contributed by atoms with Crippen molar-refractivity contribution in [1.29, 1.82) is 0 Å². The molecule has 1 aromatic carbocycles. The minimum Gasteiger partial charge on any atom is -0.398 e. The molecule has 0 aliphatic rings. The third-order valence-corrected chi connectivity index (χ3v) is 2.51. The van der Waals surface area contributed by atoms with Crippen LogP contribution in [-0.2, 0) is 11.2 Å². The minimum absolute atomic E-state index is 0.106. The Morgan fingerprint density at radius 1 is 1.54 bits per heavy atom. The van der Waals surface area contributed by atoms with E-state index in [0.29, 0.717) is 22.5 Å². The zero-order chi connectivity index (χ0) is 9.84. The van der Waals surface area contributed by atoms with Gasteiger partial charge in [0.05, 0.1) is 5.33 Å². The molecule has 0 aliphatic carbocycles. The highest BCUT2D eigenvalue weighted by Gasteiger charge is 2.05. The summed E-state index contributed by atoms with van der Waals surface area (Å²) in [5, 5.41) is 0.947. The number of rotatable bonds is 3. The van der Waals surface area contributed by atoms with Crippen molar-refractivity contribution < 1.29 is 4.79 Å². The van der Waals surface area contributed by atoms with Crippen LogP contribution in [0.15, 0.2) is 18.2 Å². The van der Waals surface area contributed by atoms with Gasteiger partial charge in [0.25, 0.3) is 0 Å². The Bertz CT molecular complexity index is 327. The fourth-order valence-electron chi connectivity index (χ4n) is 0.986. The van der Waals surface area contributed by atoms with Crippen molar-refractivity contribution in [3.8, 4) is 0 Å². The van der Waals surface area contributed by atoms with Crippen molar-refractivity contribution in [2.75, 3.05) is 11.1 Å². The molecule has 1 rings (SSSR count). The van der Waals surface area contributed by atoms with Gasteiger partial charge in [0.2, 0.25) is 0 Å². The second kappa shape index (κ2) is 4.63. The Morgan fingerprint density at radius 2 is 2.23 bits per heavy atom. The maximum Gasteiger partial charge on any atom is 0.147 e. The second-order valence-corrected chi connectivity index (χ2v) is 3.69. The predicted molar refractivity (Wildman–Crippen MR) is 58.4 cm³/mol. The average molecular weight is 263 g/mol. The number of halogens is 2. The molecule has 0 saturated heterocycles. The summed E-state index contributed by atoms with van der Waals surface area (Å²) in [5.74, 6) is 0.106. The summed E-state index contributed by atoms with van der Waals surface area (Å²) in [6.45, 7) is 0. The number of ketones is 1. The summed E-state index contributed by atoms with van der Waals surface area (Å²) in [6.07, 6.45) is 0.355. The number of carbonyl (C=O) groups is 1. The van der Waals surface area contributed by atoms with E-state index in [2.05, 4.69) is 15.9 Å². The van der Waals surface area contributed by atoms with Crippen LogP contribution in [0.3, 0.4) is 0 Å². The van der Waals surface area contributed by atoms with Gasteiger partial charge in [0, 0.05) is 17.1 Å². The Morgan fingerprint density at radius 3 is 2.77 bits per heavy atom. The number of alkyl halides is 1. The monoisotopic (exact) mass is 261 g/mol. The molecule has 0 aliphatic heterocycles. The molecule has 0 amide bonds. The summed E-state index contributed by atoms with van der Waals surface area (Å²) < 4.78 is 0. The van der Waals surface area contributed by atoms with E-state index in [1.807, 2.05) is 0 Å². The smallest absolute Gasteiger partial charge is 0.147 e. The van der Waals surface area contributed by atoms with Crippen LogP contribution in [0, 0.1) is 0 Å². The van der Waals surface area contributed by atoms with Gasteiger partial charge in [0.1, 0.15) is 5.78 Å². The third-order valence-electron chi connectivity index (χ3n) is 1.64. The fourth-order valence-corrected chi connectivity index (χ4v) is 1.37. The lowest BCUT2D eigenvalue weighted by Gasteiger charge is -2.03. The largest absolute Gasteiger partial charge is 0.398 e. The van der Waals surface area contributed by atoms with Gasteiger partial charge in [-0.2, -0.15) is 0 Å². The molecule has 0 heterocycles. The molecular formula is C9H9BrClNO. The van der Waals surface area contributed by atoms with Crippen molar-refractivity contribution in [2.24, 2.45) is 0 Å². The molecule has 1 aromatic rings. The normalized spacial score (nSPS) is 10.0. The number of carbonyl (C=O) groups excluding carboxylic acids is 1. The van der Waals surface area contributed by atoms with Crippen molar-refractivity contribution >= 4 is 39.0 Å². The first-order valence-corrected chi connectivity index (χ1v) is 5.25. The number of hydrogen-bond acceptors (Lipinski definition) is 2. The van der Waals surface area contributed by atoms with Gasteiger partial charge in [0.15, 0.2) is 0 Å². The summed E-state index contributed by atoms with van der Waals surface area (Å²) in [7, 11) is 0. The van der Waals surface area contributed by atoms with E-state index in [0.717, 1.165) is 5.56 Å². The summed E-state index contributed by atoms with van der Waals surface area (Å²) >= 11 is 8.81. The Balaban J connectivity index is 2.83. The highest BCUT2D eigenvalue weighted by molar-refractivity contribution is 9.09. The first-order valence-electron chi connectivity index (χ1n) is 3.75. The molecule has 0 unspecified atom stereocenters. The first kappa shape index (κ1) is 10.5. The van der Waals surface area contributed by atoms with Gasteiger partial charge in [-0.3, -0.25) is 4.79 Å². The minimum atomic E-state index is 0.106. The van der Waals surface area contributed by atoms with E-state index in [4.69, 9.17) is 17.3 Å². The first-order chi connectivity index (χ1) is 6.13. The van der Waals surface area contributed by atoms with Gasteiger partial charge < -0.3 is 5.73 Å². The average Bonchev–Trinajstić information content (AvgIpc) is 2.09. The second-order valence-electron chi connectivity index (χ2n) is 2.69. The Hall–Kier alpha value is -0.540. The van der Waals surface area contributed by atoms with E-state index in [9.17, 15) is 4.79 Å². The van der Waals surface area contributed by atoms with E-state index >= 15 is 0 Å². The lowest BCUT2D eigenvalue weighted by atomic mass is 10.1.